The van der Waals surface area contributed by atoms with Gasteiger partial charge in [0.2, 0.25) is 5.91 Å². The third-order valence-electron chi connectivity index (χ3n) is 3.81. The van der Waals surface area contributed by atoms with E-state index in [1.807, 2.05) is 19.1 Å². The van der Waals surface area contributed by atoms with Crippen molar-refractivity contribution in [3.63, 3.8) is 0 Å². The van der Waals surface area contributed by atoms with Crippen molar-refractivity contribution < 1.29 is 27.5 Å². The molecule has 0 aliphatic rings. The fourth-order valence-electron chi connectivity index (χ4n) is 2.34. The van der Waals surface area contributed by atoms with Gasteiger partial charge in [0.05, 0.1) is 17.1 Å². The summed E-state index contributed by atoms with van der Waals surface area (Å²) in [4.78, 5) is 34.6. The van der Waals surface area contributed by atoms with Crippen molar-refractivity contribution in [3.8, 4) is 0 Å². The van der Waals surface area contributed by atoms with E-state index in [-0.39, 0.29) is 17.2 Å². The van der Waals surface area contributed by atoms with Crippen LogP contribution in [-0.4, -0.2) is 38.6 Å². The normalized spacial score (nSPS) is 10.8. The average molecular weight is 418 g/mol. The van der Waals surface area contributed by atoms with E-state index in [9.17, 15) is 22.8 Å². The van der Waals surface area contributed by atoms with E-state index in [4.69, 9.17) is 4.74 Å². The molecule has 8 nitrogen and oxygen atoms in total. The molecule has 0 fully saturated rings. The zero-order chi connectivity index (χ0) is 21.4. The van der Waals surface area contributed by atoms with E-state index < -0.39 is 34.1 Å². The molecule has 0 aromatic heterocycles. The van der Waals surface area contributed by atoms with E-state index in [2.05, 4.69) is 10.6 Å². The molecule has 2 aromatic carbocycles. The highest BCUT2D eigenvalue weighted by atomic mass is 32.2. The molecule has 9 heteroatoms. The average Bonchev–Trinajstić information content (AvgIpc) is 2.66. The third kappa shape index (κ3) is 7.38. The van der Waals surface area contributed by atoms with Crippen LogP contribution in [0.5, 0.6) is 0 Å². The number of sulfone groups is 1. The second-order valence-electron chi connectivity index (χ2n) is 6.35. The molecule has 0 bridgehead atoms. The van der Waals surface area contributed by atoms with Crippen LogP contribution >= 0.6 is 0 Å². The van der Waals surface area contributed by atoms with Gasteiger partial charge in [0.15, 0.2) is 16.4 Å². The van der Waals surface area contributed by atoms with Crippen molar-refractivity contribution in [1.82, 2.24) is 0 Å². The summed E-state index contributed by atoms with van der Waals surface area (Å²) in [5.74, 6) is -2.03. The molecule has 2 amide bonds. The van der Waals surface area contributed by atoms with Crippen molar-refractivity contribution in [2.45, 2.75) is 25.2 Å². The summed E-state index contributed by atoms with van der Waals surface area (Å²) in [6, 6.07) is 12.7. The Morgan fingerprint density at radius 1 is 0.897 bits per heavy atom. The van der Waals surface area contributed by atoms with Gasteiger partial charge >= 0.3 is 5.97 Å². The van der Waals surface area contributed by atoms with Crippen LogP contribution in [0, 0.1) is 6.92 Å². The number of carbonyl (C=O) groups excluding carboxylic acids is 3. The van der Waals surface area contributed by atoms with Crippen LogP contribution in [0.25, 0.3) is 0 Å². The molecule has 0 unspecified atom stereocenters. The first-order valence-corrected chi connectivity index (χ1v) is 10.4. The number of ether oxygens (including phenoxy) is 1. The quantitative estimate of drug-likeness (QED) is 0.635. The maximum atomic E-state index is 12.3. The number of hydrogen-bond acceptors (Lipinski definition) is 6. The van der Waals surface area contributed by atoms with E-state index >= 15 is 0 Å². The monoisotopic (exact) mass is 418 g/mol. The van der Waals surface area contributed by atoms with Crippen LogP contribution in [0.3, 0.4) is 0 Å². The number of amides is 2. The summed E-state index contributed by atoms with van der Waals surface area (Å²) in [5.41, 5.74) is 2.08. The van der Waals surface area contributed by atoms with Gasteiger partial charge in [-0.25, -0.2) is 8.42 Å². The van der Waals surface area contributed by atoms with E-state index in [1.54, 1.807) is 12.1 Å². The highest BCUT2D eigenvalue weighted by Gasteiger charge is 2.18. The topological polar surface area (TPSA) is 119 Å². The standard InChI is InChI=1S/C20H22N2O6S/c1-14-3-5-17(6-4-14)22-19(24)13-28-20(25)11-12-29(26,27)18-9-7-16(8-10-18)21-15(2)23/h3-10H,11-13H2,1-2H3,(H,21,23)(H,22,24). The lowest BCUT2D eigenvalue weighted by Crippen LogP contribution is -2.22. The van der Waals surface area contributed by atoms with Gasteiger partial charge in [0, 0.05) is 18.3 Å². The number of hydrogen-bond donors (Lipinski definition) is 2. The first-order chi connectivity index (χ1) is 13.7. The molecule has 0 saturated heterocycles. The summed E-state index contributed by atoms with van der Waals surface area (Å²) >= 11 is 0. The molecule has 2 rings (SSSR count). The predicted molar refractivity (Wildman–Crippen MR) is 108 cm³/mol. The molecule has 2 N–H and O–H groups in total. The van der Waals surface area contributed by atoms with Crippen LogP contribution in [0.1, 0.15) is 18.9 Å². The SMILES string of the molecule is CC(=O)Nc1ccc(S(=O)(=O)CCC(=O)OCC(=O)Nc2ccc(C)cc2)cc1. The lowest BCUT2D eigenvalue weighted by molar-refractivity contribution is -0.146. The number of aryl methyl sites for hydroxylation is 1. The molecular formula is C20H22N2O6S. The van der Waals surface area contributed by atoms with Crippen LogP contribution < -0.4 is 10.6 Å². The summed E-state index contributed by atoms with van der Waals surface area (Å²) in [5, 5.41) is 5.11. The Morgan fingerprint density at radius 2 is 1.45 bits per heavy atom. The van der Waals surface area contributed by atoms with Crippen molar-refractivity contribution in [3.05, 3.63) is 54.1 Å². The van der Waals surface area contributed by atoms with Crippen LogP contribution in [0.15, 0.2) is 53.4 Å². The maximum absolute atomic E-state index is 12.3. The zero-order valence-corrected chi connectivity index (χ0v) is 16.9. The summed E-state index contributed by atoms with van der Waals surface area (Å²) < 4.78 is 29.4. The molecule has 0 aliphatic carbocycles. The molecule has 0 atom stereocenters. The molecule has 2 aromatic rings. The third-order valence-corrected chi connectivity index (χ3v) is 5.54. The Kier molecular flexibility index (Phi) is 7.49. The number of esters is 1. The molecule has 0 heterocycles. The number of anilines is 2. The minimum atomic E-state index is -3.71. The van der Waals surface area contributed by atoms with E-state index in [0.29, 0.717) is 11.4 Å². The Hall–Kier alpha value is -3.20. The molecule has 0 radical (unpaired) electrons. The van der Waals surface area contributed by atoms with Gasteiger partial charge in [-0.05, 0) is 43.3 Å². The number of nitrogens with one attached hydrogen (secondary N) is 2. The Balaban J connectivity index is 1.80. The highest BCUT2D eigenvalue weighted by Crippen LogP contribution is 2.16. The molecule has 0 spiro atoms. The predicted octanol–water partition coefficient (Wildman–Crippen LogP) is 2.30. The largest absolute Gasteiger partial charge is 0.456 e. The van der Waals surface area contributed by atoms with Crippen molar-refractivity contribution in [2.75, 3.05) is 23.0 Å². The van der Waals surface area contributed by atoms with Gasteiger partial charge in [-0.2, -0.15) is 0 Å². The van der Waals surface area contributed by atoms with Gasteiger partial charge in [0.25, 0.3) is 5.91 Å². The summed E-state index contributed by atoms with van der Waals surface area (Å²) in [6.07, 6.45) is -0.381. The van der Waals surface area contributed by atoms with Gasteiger partial charge in [-0.3, -0.25) is 14.4 Å². The summed E-state index contributed by atoms with van der Waals surface area (Å²) in [6.45, 7) is 2.76. The van der Waals surface area contributed by atoms with E-state index in [1.165, 1.54) is 31.2 Å². The van der Waals surface area contributed by atoms with Crippen molar-refractivity contribution in [2.24, 2.45) is 0 Å². The lowest BCUT2D eigenvalue weighted by atomic mass is 10.2. The van der Waals surface area contributed by atoms with Crippen molar-refractivity contribution >= 4 is 39.0 Å². The van der Waals surface area contributed by atoms with E-state index in [0.717, 1.165) is 5.56 Å². The minimum absolute atomic E-state index is 0.0246. The second kappa shape index (κ2) is 9.83. The first kappa shape index (κ1) is 22.1. The Labute approximate surface area is 169 Å². The summed E-state index contributed by atoms with van der Waals surface area (Å²) in [7, 11) is -3.71. The number of rotatable bonds is 8. The van der Waals surface area contributed by atoms with Crippen LogP contribution in [-0.2, 0) is 29.0 Å². The minimum Gasteiger partial charge on any atom is -0.456 e. The zero-order valence-electron chi connectivity index (χ0n) is 16.1. The van der Waals surface area contributed by atoms with Gasteiger partial charge in [-0.1, -0.05) is 17.7 Å². The smallest absolute Gasteiger partial charge is 0.307 e. The molecule has 0 saturated carbocycles. The highest BCUT2D eigenvalue weighted by molar-refractivity contribution is 7.91. The van der Waals surface area contributed by atoms with Gasteiger partial charge < -0.3 is 15.4 Å². The molecular weight excluding hydrogens is 396 g/mol. The molecule has 154 valence electrons. The molecule has 0 aliphatic heterocycles. The molecule has 29 heavy (non-hydrogen) atoms. The lowest BCUT2D eigenvalue weighted by Gasteiger charge is -2.08. The van der Waals surface area contributed by atoms with Crippen LogP contribution in [0.4, 0.5) is 11.4 Å². The Bertz CT molecular complexity index is 983. The van der Waals surface area contributed by atoms with Gasteiger partial charge in [0.1, 0.15) is 0 Å². The fraction of sp³-hybridized carbons (Fsp3) is 0.250. The maximum Gasteiger partial charge on any atom is 0.307 e. The fourth-order valence-corrected chi connectivity index (χ4v) is 3.56. The van der Waals surface area contributed by atoms with Crippen LogP contribution in [0.2, 0.25) is 0 Å². The van der Waals surface area contributed by atoms with Gasteiger partial charge in [-0.15, -0.1) is 0 Å². The second-order valence-corrected chi connectivity index (χ2v) is 8.46. The number of carbonyl (C=O) groups is 3. The number of benzene rings is 2. The van der Waals surface area contributed by atoms with Crippen molar-refractivity contribution in [1.29, 1.82) is 0 Å². The first-order valence-electron chi connectivity index (χ1n) is 8.78. The Morgan fingerprint density at radius 3 is 2.03 bits per heavy atom.